The van der Waals surface area contributed by atoms with Gasteiger partial charge in [0.1, 0.15) is 24.9 Å². The molecule has 2 aromatic carbocycles. The lowest BCUT2D eigenvalue weighted by atomic mass is 9.98. The van der Waals surface area contributed by atoms with Crippen molar-refractivity contribution in [2.45, 2.75) is 51.3 Å². The van der Waals surface area contributed by atoms with Gasteiger partial charge in [0.2, 0.25) is 0 Å². The van der Waals surface area contributed by atoms with Crippen molar-refractivity contribution in [3.8, 4) is 11.1 Å². The molecular formula is C27H32N2O6. The van der Waals surface area contributed by atoms with Crippen LogP contribution in [0.2, 0.25) is 0 Å². The van der Waals surface area contributed by atoms with Crippen molar-refractivity contribution in [2.75, 3.05) is 13.2 Å². The maximum Gasteiger partial charge on any atom is 0.408 e. The molecule has 0 aliphatic heterocycles. The van der Waals surface area contributed by atoms with Gasteiger partial charge in [-0.15, -0.1) is 0 Å². The summed E-state index contributed by atoms with van der Waals surface area (Å²) in [4.78, 5) is 37.4. The summed E-state index contributed by atoms with van der Waals surface area (Å²) in [5.41, 5.74) is 3.66. The van der Waals surface area contributed by atoms with Crippen LogP contribution >= 0.6 is 0 Å². The highest BCUT2D eigenvalue weighted by molar-refractivity contribution is 5.83. The molecule has 0 saturated carbocycles. The highest BCUT2D eigenvalue weighted by atomic mass is 16.6. The average molecular weight is 481 g/mol. The third kappa shape index (κ3) is 6.62. The summed E-state index contributed by atoms with van der Waals surface area (Å²) in [7, 11) is 0. The van der Waals surface area contributed by atoms with E-state index in [1.165, 1.54) is 6.08 Å². The Labute approximate surface area is 205 Å². The molecule has 1 aliphatic rings. The molecular weight excluding hydrogens is 448 g/mol. The van der Waals surface area contributed by atoms with Gasteiger partial charge >= 0.3 is 18.2 Å². The second-order valence-electron chi connectivity index (χ2n) is 9.30. The number of alkyl carbamates (subject to hydrolysis) is 2. The summed E-state index contributed by atoms with van der Waals surface area (Å²) < 4.78 is 15.9. The van der Waals surface area contributed by atoms with Crippen LogP contribution in [0.25, 0.3) is 11.1 Å². The fourth-order valence-corrected chi connectivity index (χ4v) is 3.96. The topological polar surface area (TPSA) is 103 Å². The van der Waals surface area contributed by atoms with Crippen LogP contribution in [0.3, 0.4) is 0 Å². The van der Waals surface area contributed by atoms with Gasteiger partial charge in [-0.2, -0.15) is 0 Å². The molecule has 35 heavy (non-hydrogen) atoms. The molecule has 1 aliphatic carbocycles. The summed E-state index contributed by atoms with van der Waals surface area (Å²) in [6.45, 7) is 10.3. The van der Waals surface area contributed by atoms with Crippen LogP contribution in [0.15, 0.2) is 61.2 Å². The molecule has 0 spiro atoms. The molecule has 0 radical (unpaired) electrons. The molecule has 0 aromatic heterocycles. The van der Waals surface area contributed by atoms with E-state index in [-0.39, 0.29) is 19.1 Å². The summed E-state index contributed by atoms with van der Waals surface area (Å²) in [6.07, 6.45) is -0.113. The normalized spacial score (nSPS) is 14.1. The average Bonchev–Trinajstić information content (AvgIpc) is 3.12. The Kier molecular flexibility index (Phi) is 8.17. The van der Waals surface area contributed by atoms with E-state index >= 15 is 0 Å². The first kappa shape index (κ1) is 25.8. The van der Waals surface area contributed by atoms with E-state index < -0.39 is 35.8 Å². The van der Waals surface area contributed by atoms with Crippen molar-refractivity contribution in [1.29, 1.82) is 0 Å². The van der Waals surface area contributed by atoms with Gasteiger partial charge in [0, 0.05) is 5.92 Å². The smallest absolute Gasteiger partial charge is 0.408 e. The van der Waals surface area contributed by atoms with E-state index in [0.717, 1.165) is 22.3 Å². The number of nitrogens with one attached hydrogen (secondary N) is 2. The van der Waals surface area contributed by atoms with Gasteiger partial charge in [0.05, 0.1) is 6.04 Å². The monoisotopic (exact) mass is 480 g/mol. The van der Waals surface area contributed by atoms with Crippen LogP contribution in [0.5, 0.6) is 0 Å². The third-order valence-electron chi connectivity index (χ3n) is 5.46. The molecule has 8 heteroatoms. The summed E-state index contributed by atoms with van der Waals surface area (Å²) in [6, 6.07) is 14.0. The van der Waals surface area contributed by atoms with Crippen molar-refractivity contribution in [3.05, 3.63) is 72.3 Å². The minimum absolute atomic E-state index is 0.0387. The number of benzene rings is 2. The van der Waals surface area contributed by atoms with Crippen LogP contribution in [0.1, 0.15) is 44.7 Å². The number of ether oxygens (including phenoxy) is 3. The zero-order valence-electron chi connectivity index (χ0n) is 20.5. The predicted molar refractivity (Wildman–Crippen MR) is 132 cm³/mol. The van der Waals surface area contributed by atoms with Crippen molar-refractivity contribution in [3.63, 3.8) is 0 Å². The van der Waals surface area contributed by atoms with Gasteiger partial charge in [-0.3, -0.25) is 0 Å². The number of carbonyl (C=O) groups is 3. The molecule has 0 unspecified atom stereocenters. The highest BCUT2D eigenvalue weighted by Gasteiger charge is 2.33. The SMILES string of the molecule is C=CCOC(=O)[C@@H](NC(=O)OC(C)(C)C)[C@@H](C)NC(=O)OCC1c2ccccc2-c2ccccc21. The first-order valence-electron chi connectivity index (χ1n) is 11.5. The van der Waals surface area contributed by atoms with Gasteiger partial charge < -0.3 is 24.8 Å². The van der Waals surface area contributed by atoms with Crippen LogP contribution in [-0.2, 0) is 19.0 Å². The van der Waals surface area contributed by atoms with E-state index in [1.54, 1.807) is 27.7 Å². The summed E-state index contributed by atoms with van der Waals surface area (Å²) in [5, 5.41) is 5.09. The number of carbonyl (C=O) groups excluding carboxylic acids is 3. The quantitative estimate of drug-likeness (QED) is 0.327. The summed E-state index contributed by atoms with van der Waals surface area (Å²) in [5.74, 6) is -0.834. The Morgan fingerprint density at radius 1 is 0.943 bits per heavy atom. The Bertz CT molecular complexity index is 1050. The number of rotatable bonds is 8. The Morgan fingerprint density at radius 3 is 2.06 bits per heavy atom. The van der Waals surface area contributed by atoms with Gasteiger partial charge in [0.25, 0.3) is 0 Å². The molecule has 0 bridgehead atoms. The zero-order chi connectivity index (χ0) is 25.6. The molecule has 2 atom stereocenters. The lowest BCUT2D eigenvalue weighted by Crippen LogP contribution is -2.55. The maximum atomic E-state index is 12.6. The zero-order valence-corrected chi connectivity index (χ0v) is 20.5. The minimum atomic E-state index is -1.19. The third-order valence-corrected chi connectivity index (χ3v) is 5.46. The van der Waals surface area contributed by atoms with Crippen LogP contribution in [-0.4, -0.2) is 49.1 Å². The largest absolute Gasteiger partial charge is 0.460 e. The fraction of sp³-hybridized carbons (Fsp3) is 0.370. The van der Waals surface area contributed by atoms with Crippen molar-refractivity contribution >= 4 is 18.2 Å². The van der Waals surface area contributed by atoms with Crippen molar-refractivity contribution < 1.29 is 28.6 Å². The minimum Gasteiger partial charge on any atom is -0.460 e. The first-order valence-corrected chi connectivity index (χ1v) is 11.5. The van der Waals surface area contributed by atoms with E-state index in [9.17, 15) is 14.4 Å². The lowest BCUT2D eigenvalue weighted by Gasteiger charge is -2.26. The Morgan fingerprint density at radius 2 is 1.51 bits per heavy atom. The van der Waals surface area contributed by atoms with E-state index in [2.05, 4.69) is 29.3 Å². The van der Waals surface area contributed by atoms with Crippen LogP contribution in [0, 0.1) is 0 Å². The van der Waals surface area contributed by atoms with Gasteiger partial charge in [-0.25, -0.2) is 14.4 Å². The second-order valence-corrected chi connectivity index (χ2v) is 9.30. The molecule has 0 fully saturated rings. The molecule has 2 amide bonds. The molecule has 0 saturated heterocycles. The standard InChI is InChI=1S/C27H32N2O6/c1-6-15-33-24(30)23(29-26(32)35-27(3,4)5)17(2)28-25(31)34-16-22-20-13-9-7-11-18(20)19-12-8-10-14-21(19)22/h6-14,17,22-23H,1,15-16H2,2-5H3,(H,28,31)(H,29,32)/t17-,23+/m1/s1. The van der Waals surface area contributed by atoms with Gasteiger partial charge in [-0.05, 0) is 49.9 Å². The van der Waals surface area contributed by atoms with E-state index in [4.69, 9.17) is 14.2 Å². The number of hydrogen-bond donors (Lipinski definition) is 2. The van der Waals surface area contributed by atoms with Gasteiger partial charge in [-0.1, -0.05) is 61.2 Å². The van der Waals surface area contributed by atoms with Gasteiger partial charge in [0.15, 0.2) is 0 Å². The number of hydrogen-bond acceptors (Lipinski definition) is 6. The Hall–Kier alpha value is -3.81. The molecule has 2 N–H and O–H groups in total. The van der Waals surface area contributed by atoms with Crippen molar-refractivity contribution in [2.24, 2.45) is 0 Å². The Balaban J connectivity index is 1.65. The highest BCUT2D eigenvalue weighted by Crippen LogP contribution is 2.44. The molecule has 2 aromatic rings. The van der Waals surface area contributed by atoms with Crippen molar-refractivity contribution in [1.82, 2.24) is 10.6 Å². The maximum absolute atomic E-state index is 12.6. The fourth-order valence-electron chi connectivity index (χ4n) is 3.96. The summed E-state index contributed by atoms with van der Waals surface area (Å²) >= 11 is 0. The van der Waals surface area contributed by atoms with Crippen LogP contribution in [0.4, 0.5) is 9.59 Å². The molecule has 3 rings (SSSR count). The van der Waals surface area contributed by atoms with E-state index in [0.29, 0.717) is 0 Å². The number of amides is 2. The first-order chi connectivity index (χ1) is 16.6. The number of fused-ring (bicyclic) bond motifs is 3. The van der Waals surface area contributed by atoms with E-state index in [1.807, 2.05) is 36.4 Å². The number of esters is 1. The molecule has 8 nitrogen and oxygen atoms in total. The lowest BCUT2D eigenvalue weighted by molar-refractivity contribution is -0.145. The van der Waals surface area contributed by atoms with Crippen LogP contribution < -0.4 is 10.6 Å². The molecule has 0 heterocycles. The second kappa shape index (κ2) is 11.1. The molecule has 186 valence electrons. The predicted octanol–water partition coefficient (Wildman–Crippen LogP) is 4.54.